The van der Waals surface area contributed by atoms with E-state index in [4.69, 9.17) is 5.11 Å². The van der Waals surface area contributed by atoms with Crippen LogP contribution in [-0.2, 0) is 0 Å². The maximum atomic E-state index is 11.7. The van der Waals surface area contributed by atoms with Crippen molar-refractivity contribution in [1.82, 2.24) is 4.98 Å². The van der Waals surface area contributed by atoms with Gasteiger partial charge in [-0.25, -0.2) is 4.79 Å². The van der Waals surface area contributed by atoms with Crippen molar-refractivity contribution in [2.45, 2.75) is 6.92 Å². The van der Waals surface area contributed by atoms with Crippen molar-refractivity contribution in [3.63, 3.8) is 0 Å². The van der Waals surface area contributed by atoms with Gasteiger partial charge in [-0.15, -0.1) is 0 Å². The molecule has 0 atom stereocenters. The Labute approximate surface area is 116 Å². The van der Waals surface area contributed by atoms with E-state index in [1.807, 2.05) is 43.3 Å². The van der Waals surface area contributed by atoms with Gasteiger partial charge in [-0.1, -0.05) is 12.1 Å². The molecule has 0 amide bonds. The standard InChI is InChI=1S/C15H16N2O3/c1-9-8-12(15(19)20)14(18)16-13(9)10-4-6-11(7-5-10)17(2)3/h4-8H,1-3H3,(H,16,18)(H,19,20). The highest BCUT2D eigenvalue weighted by molar-refractivity contribution is 5.88. The molecule has 0 aliphatic heterocycles. The molecule has 0 saturated carbocycles. The average Bonchev–Trinajstić information content (AvgIpc) is 2.40. The SMILES string of the molecule is Cc1cc(C(=O)O)c(=O)[nH]c1-c1ccc(N(C)C)cc1. The molecule has 0 aliphatic rings. The molecular weight excluding hydrogens is 256 g/mol. The number of carbonyl (C=O) groups is 1. The van der Waals surface area contributed by atoms with Gasteiger partial charge >= 0.3 is 5.97 Å². The van der Waals surface area contributed by atoms with E-state index in [0.717, 1.165) is 16.8 Å². The van der Waals surface area contributed by atoms with Crippen LogP contribution >= 0.6 is 0 Å². The summed E-state index contributed by atoms with van der Waals surface area (Å²) < 4.78 is 0. The molecule has 0 spiro atoms. The Morgan fingerprint density at radius 1 is 1.20 bits per heavy atom. The van der Waals surface area contributed by atoms with E-state index < -0.39 is 11.5 Å². The fourth-order valence-electron chi connectivity index (χ4n) is 2.02. The second-order valence-corrected chi connectivity index (χ2v) is 4.82. The quantitative estimate of drug-likeness (QED) is 0.897. The molecule has 20 heavy (non-hydrogen) atoms. The van der Waals surface area contributed by atoms with Crippen molar-refractivity contribution in [3.05, 3.63) is 51.8 Å². The zero-order valence-electron chi connectivity index (χ0n) is 11.6. The van der Waals surface area contributed by atoms with E-state index in [0.29, 0.717) is 5.69 Å². The average molecular weight is 272 g/mol. The topological polar surface area (TPSA) is 73.4 Å². The first-order valence-corrected chi connectivity index (χ1v) is 6.15. The third-order valence-corrected chi connectivity index (χ3v) is 3.14. The molecule has 1 heterocycles. The minimum Gasteiger partial charge on any atom is -0.477 e. The minimum absolute atomic E-state index is 0.240. The summed E-state index contributed by atoms with van der Waals surface area (Å²) in [4.78, 5) is 27.3. The lowest BCUT2D eigenvalue weighted by atomic mass is 10.0. The number of aryl methyl sites for hydroxylation is 1. The van der Waals surface area contributed by atoms with E-state index in [9.17, 15) is 9.59 Å². The first-order chi connectivity index (χ1) is 9.40. The first kappa shape index (κ1) is 13.9. The summed E-state index contributed by atoms with van der Waals surface area (Å²) >= 11 is 0. The van der Waals surface area contributed by atoms with E-state index >= 15 is 0 Å². The molecule has 2 rings (SSSR count). The van der Waals surface area contributed by atoms with Gasteiger partial charge in [0.2, 0.25) is 0 Å². The number of nitrogens with zero attached hydrogens (tertiary/aromatic N) is 1. The lowest BCUT2D eigenvalue weighted by Crippen LogP contribution is -2.18. The summed E-state index contributed by atoms with van der Waals surface area (Å²) in [5.74, 6) is -1.22. The van der Waals surface area contributed by atoms with Crippen molar-refractivity contribution >= 4 is 11.7 Å². The van der Waals surface area contributed by atoms with Gasteiger partial charge in [-0.05, 0) is 36.2 Å². The third-order valence-electron chi connectivity index (χ3n) is 3.14. The predicted octanol–water partition coefficient (Wildman–Crippen LogP) is 2.11. The molecule has 1 aromatic heterocycles. The normalized spacial score (nSPS) is 10.3. The summed E-state index contributed by atoms with van der Waals surface area (Å²) in [6, 6.07) is 9.08. The van der Waals surface area contributed by atoms with Crippen LogP contribution in [0, 0.1) is 6.92 Å². The number of anilines is 1. The predicted molar refractivity (Wildman–Crippen MR) is 78.5 cm³/mol. The van der Waals surface area contributed by atoms with Crippen LogP contribution in [0.15, 0.2) is 35.1 Å². The van der Waals surface area contributed by atoms with E-state index in [-0.39, 0.29) is 5.56 Å². The molecule has 1 aromatic carbocycles. The Balaban J connectivity index is 2.50. The zero-order chi connectivity index (χ0) is 14.9. The Morgan fingerprint density at radius 3 is 2.30 bits per heavy atom. The van der Waals surface area contributed by atoms with Crippen molar-refractivity contribution in [2.24, 2.45) is 0 Å². The molecule has 2 N–H and O–H groups in total. The van der Waals surface area contributed by atoms with Crippen molar-refractivity contribution < 1.29 is 9.90 Å². The number of hydrogen-bond acceptors (Lipinski definition) is 3. The molecule has 0 radical (unpaired) electrons. The van der Waals surface area contributed by atoms with Crippen LogP contribution < -0.4 is 10.5 Å². The summed E-state index contributed by atoms with van der Waals surface area (Å²) in [5.41, 5.74) is 2.44. The number of H-pyrrole nitrogens is 1. The highest BCUT2D eigenvalue weighted by atomic mass is 16.4. The van der Waals surface area contributed by atoms with Gasteiger partial charge in [0.05, 0.1) is 5.69 Å². The molecule has 5 nitrogen and oxygen atoms in total. The van der Waals surface area contributed by atoms with Crippen LogP contribution in [0.1, 0.15) is 15.9 Å². The summed E-state index contributed by atoms with van der Waals surface area (Å²) in [6.07, 6.45) is 0. The number of nitrogens with one attached hydrogen (secondary N) is 1. The minimum atomic E-state index is -1.22. The monoisotopic (exact) mass is 272 g/mol. The van der Waals surface area contributed by atoms with Gasteiger partial charge in [-0.3, -0.25) is 4.79 Å². The van der Waals surface area contributed by atoms with Crippen LogP contribution in [0.5, 0.6) is 0 Å². The highest BCUT2D eigenvalue weighted by Crippen LogP contribution is 2.23. The summed E-state index contributed by atoms with van der Waals surface area (Å²) in [7, 11) is 3.90. The second-order valence-electron chi connectivity index (χ2n) is 4.82. The van der Waals surface area contributed by atoms with Gasteiger partial charge in [0.1, 0.15) is 5.56 Å². The summed E-state index contributed by atoms with van der Waals surface area (Å²) in [5, 5.41) is 8.92. The van der Waals surface area contributed by atoms with Crippen molar-refractivity contribution in [3.8, 4) is 11.3 Å². The molecule has 104 valence electrons. The first-order valence-electron chi connectivity index (χ1n) is 6.15. The number of carboxylic acid groups (broad SMARTS) is 1. The fourth-order valence-corrected chi connectivity index (χ4v) is 2.02. The van der Waals surface area contributed by atoms with E-state index in [1.165, 1.54) is 6.07 Å². The maximum absolute atomic E-state index is 11.7. The van der Waals surface area contributed by atoms with Gasteiger partial charge in [-0.2, -0.15) is 0 Å². The van der Waals surface area contributed by atoms with Crippen LogP contribution in [0.2, 0.25) is 0 Å². The van der Waals surface area contributed by atoms with Crippen molar-refractivity contribution in [1.29, 1.82) is 0 Å². The highest BCUT2D eigenvalue weighted by Gasteiger charge is 2.12. The summed E-state index contributed by atoms with van der Waals surface area (Å²) in [6.45, 7) is 1.78. The largest absolute Gasteiger partial charge is 0.477 e. The maximum Gasteiger partial charge on any atom is 0.341 e. The molecule has 0 aliphatic carbocycles. The van der Waals surface area contributed by atoms with Gasteiger partial charge in [0.25, 0.3) is 5.56 Å². The second kappa shape index (κ2) is 5.21. The number of benzene rings is 1. The molecular formula is C15H16N2O3. The molecule has 0 bridgehead atoms. The Morgan fingerprint density at radius 2 is 1.80 bits per heavy atom. The Bertz CT molecular complexity index is 700. The lowest BCUT2D eigenvalue weighted by Gasteiger charge is -2.13. The molecule has 0 saturated heterocycles. The fraction of sp³-hybridized carbons (Fsp3) is 0.200. The molecule has 0 unspecified atom stereocenters. The molecule has 0 fully saturated rings. The van der Waals surface area contributed by atoms with Crippen LogP contribution in [-0.4, -0.2) is 30.2 Å². The number of aromatic carboxylic acids is 1. The number of pyridine rings is 1. The number of carboxylic acids is 1. The Hall–Kier alpha value is -2.56. The van der Waals surface area contributed by atoms with Crippen LogP contribution in [0.3, 0.4) is 0 Å². The number of aromatic nitrogens is 1. The lowest BCUT2D eigenvalue weighted by molar-refractivity contribution is 0.0695. The number of hydrogen-bond donors (Lipinski definition) is 2. The van der Waals surface area contributed by atoms with Crippen LogP contribution in [0.25, 0.3) is 11.3 Å². The third kappa shape index (κ3) is 2.56. The van der Waals surface area contributed by atoms with E-state index in [2.05, 4.69) is 4.98 Å². The van der Waals surface area contributed by atoms with Crippen molar-refractivity contribution in [2.75, 3.05) is 19.0 Å². The number of aromatic amines is 1. The Kier molecular flexibility index (Phi) is 3.61. The van der Waals surface area contributed by atoms with Gasteiger partial charge in [0.15, 0.2) is 0 Å². The molecule has 5 heteroatoms. The van der Waals surface area contributed by atoms with E-state index in [1.54, 1.807) is 6.92 Å². The van der Waals surface area contributed by atoms with Gasteiger partial charge < -0.3 is 15.0 Å². The van der Waals surface area contributed by atoms with Gasteiger partial charge in [0, 0.05) is 19.8 Å². The smallest absolute Gasteiger partial charge is 0.341 e. The zero-order valence-corrected chi connectivity index (χ0v) is 11.6. The number of rotatable bonds is 3. The van der Waals surface area contributed by atoms with Crippen LogP contribution in [0.4, 0.5) is 5.69 Å². The molecule has 2 aromatic rings.